The van der Waals surface area contributed by atoms with Gasteiger partial charge in [-0.3, -0.25) is 14.9 Å². The van der Waals surface area contributed by atoms with Gasteiger partial charge < -0.3 is 9.47 Å². The summed E-state index contributed by atoms with van der Waals surface area (Å²) in [5.74, 6) is -1.45. The number of amides is 2. The summed E-state index contributed by atoms with van der Waals surface area (Å²) < 4.78 is 25.2. The van der Waals surface area contributed by atoms with E-state index in [1.54, 1.807) is 24.3 Å². The zero-order valence-electron chi connectivity index (χ0n) is 17.1. The zero-order chi connectivity index (χ0) is 23.3. The van der Waals surface area contributed by atoms with Gasteiger partial charge in [-0.15, -0.1) is 6.58 Å². The minimum atomic E-state index is -0.766. The summed E-state index contributed by atoms with van der Waals surface area (Å²) in [6, 6.07) is 10.8. The zero-order valence-corrected chi connectivity index (χ0v) is 17.9. The average Bonchev–Trinajstić information content (AvgIpc) is 2.77. The first kappa shape index (κ1) is 22.7. The standard InChI is InChI=1S/C23H18FN3O4S/c1-3-6-15-11-14(13-19(30-2)20(15)31-10-9-25)12-16-21(28)26-23(32)27(22(16)29)18-8-5-4-7-17(18)24/h3-5,7-8,11-13H,1,6,10H2,2H3,(H,26,28,32)/b16-12+. The Balaban J connectivity index is 2.08. The SMILES string of the molecule is C=CCc1cc(/C=C2\C(=O)NC(=S)N(c3ccccc3F)C2=O)cc(OC)c1OCC#N. The fourth-order valence-corrected chi connectivity index (χ4v) is 3.44. The van der Waals surface area contributed by atoms with Gasteiger partial charge in [0.15, 0.2) is 23.2 Å². The molecule has 0 aromatic heterocycles. The van der Waals surface area contributed by atoms with E-state index in [1.165, 1.54) is 31.4 Å². The third-order valence-electron chi connectivity index (χ3n) is 4.53. The predicted molar refractivity (Wildman–Crippen MR) is 121 cm³/mol. The molecule has 1 fully saturated rings. The van der Waals surface area contributed by atoms with E-state index in [-0.39, 0.29) is 23.0 Å². The monoisotopic (exact) mass is 451 g/mol. The van der Waals surface area contributed by atoms with Gasteiger partial charge >= 0.3 is 0 Å². The second-order valence-corrected chi connectivity index (χ2v) is 6.95. The summed E-state index contributed by atoms with van der Waals surface area (Å²) in [6.45, 7) is 3.53. The molecule has 0 atom stereocenters. The van der Waals surface area contributed by atoms with Crippen LogP contribution in [0.5, 0.6) is 11.5 Å². The number of carbonyl (C=O) groups excluding carboxylic acids is 2. The van der Waals surface area contributed by atoms with E-state index in [2.05, 4.69) is 11.9 Å². The lowest BCUT2D eigenvalue weighted by atomic mass is 10.0. The fourth-order valence-electron chi connectivity index (χ4n) is 3.17. The number of rotatable bonds is 7. The van der Waals surface area contributed by atoms with Crippen LogP contribution in [0.15, 0.2) is 54.6 Å². The summed E-state index contributed by atoms with van der Waals surface area (Å²) in [6.07, 6.45) is 3.39. The molecular weight excluding hydrogens is 433 g/mol. The molecular formula is C23H18FN3O4S. The molecule has 1 heterocycles. The Bertz CT molecular complexity index is 1190. The maximum Gasteiger partial charge on any atom is 0.270 e. The number of hydrogen-bond acceptors (Lipinski definition) is 6. The van der Waals surface area contributed by atoms with Crippen molar-refractivity contribution in [2.45, 2.75) is 6.42 Å². The number of carbonyl (C=O) groups is 2. The van der Waals surface area contributed by atoms with Crippen molar-refractivity contribution in [2.75, 3.05) is 18.6 Å². The molecule has 2 aromatic carbocycles. The number of nitrogens with zero attached hydrogens (tertiary/aromatic N) is 2. The highest BCUT2D eigenvalue weighted by atomic mass is 32.1. The summed E-state index contributed by atoms with van der Waals surface area (Å²) in [5.41, 5.74) is 0.798. The largest absolute Gasteiger partial charge is 0.493 e. The Labute approximate surface area is 189 Å². The van der Waals surface area contributed by atoms with Crippen LogP contribution in [0.3, 0.4) is 0 Å². The summed E-state index contributed by atoms with van der Waals surface area (Å²) >= 11 is 5.10. The number of nitrogens with one attached hydrogen (secondary N) is 1. The number of ether oxygens (including phenoxy) is 2. The number of benzene rings is 2. The van der Waals surface area contributed by atoms with Crippen molar-refractivity contribution in [3.05, 3.63) is 71.6 Å². The quantitative estimate of drug-likeness (QED) is 0.301. The van der Waals surface area contributed by atoms with Crippen molar-refractivity contribution in [3.8, 4) is 17.6 Å². The Kier molecular flexibility index (Phi) is 6.97. The second kappa shape index (κ2) is 9.85. The van der Waals surface area contributed by atoms with Gasteiger partial charge in [0.1, 0.15) is 17.5 Å². The maximum absolute atomic E-state index is 14.3. The molecule has 0 radical (unpaired) electrons. The number of para-hydroxylation sites is 1. The van der Waals surface area contributed by atoms with Crippen molar-refractivity contribution in [3.63, 3.8) is 0 Å². The summed E-state index contributed by atoms with van der Waals surface area (Å²) in [5, 5.41) is 11.0. The van der Waals surface area contributed by atoms with Crippen LogP contribution in [0.4, 0.5) is 10.1 Å². The van der Waals surface area contributed by atoms with Gasteiger partial charge in [-0.05, 0) is 54.5 Å². The molecule has 32 heavy (non-hydrogen) atoms. The first-order valence-electron chi connectivity index (χ1n) is 9.38. The highest BCUT2D eigenvalue weighted by molar-refractivity contribution is 7.80. The third kappa shape index (κ3) is 4.50. The fraction of sp³-hybridized carbons (Fsp3) is 0.130. The number of methoxy groups -OCH3 is 1. The smallest absolute Gasteiger partial charge is 0.270 e. The number of anilines is 1. The molecule has 2 aromatic rings. The van der Waals surface area contributed by atoms with Crippen LogP contribution in [0.25, 0.3) is 6.08 Å². The minimum absolute atomic E-state index is 0.0708. The highest BCUT2D eigenvalue weighted by Gasteiger charge is 2.35. The number of halogens is 1. The molecule has 0 bridgehead atoms. The van der Waals surface area contributed by atoms with Crippen LogP contribution in [0.1, 0.15) is 11.1 Å². The second-order valence-electron chi connectivity index (χ2n) is 6.56. The van der Waals surface area contributed by atoms with Gasteiger partial charge in [0.05, 0.1) is 12.8 Å². The molecule has 0 spiro atoms. The topological polar surface area (TPSA) is 91.7 Å². The van der Waals surface area contributed by atoms with Crippen LogP contribution < -0.4 is 19.7 Å². The van der Waals surface area contributed by atoms with Gasteiger partial charge in [-0.2, -0.15) is 5.26 Å². The lowest BCUT2D eigenvalue weighted by Crippen LogP contribution is -2.54. The van der Waals surface area contributed by atoms with Crippen LogP contribution in [-0.2, 0) is 16.0 Å². The lowest BCUT2D eigenvalue weighted by molar-refractivity contribution is -0.122. The molecule has 1 aliphatic rings. The van der Waals surface area contributed by atoms with Crippen LogP contribution in [0.2, 0.25) is 0 Å². The summed E-state index contributed by atoms with van der Waals surface area (Å²) in [4.78, 5) is 26.6. The Hall–Kier alpha value is -4.03. The molecule has 2 amide bonds. The van der Waals surface area contributed by atoms with E-state index in [4.69, 9.17) is 27.0 Å². The predicted octanol–water partition coefficient (Wildman–Crippen LogP) is 3.30. The molecule has 1 saturated heterocycles. The Morgan fingerprint density at radius 2 is 2.06 bits per heavy atom. The van der Waals surface area contributed by atoms with Crippen LogP contribution >= 0.6 is 12.2 Å². The minimum Gasteiger partial charge on any atom is -0.493 e. The van der Waals surface area contributed by atoms with E-state index < -0.39 is 17.6 Å². The van der Waals surface area contributed by atoms with Gasteiger partial charge in [-0.1, -0.05) is 18.2 Å². The third-order valence-corrected chi connectivity index (χ3v) is 4.81. The number of allylic oxidation sites excluding steroid dienone is 1. The van der Waals surface area contributed by atoms with Crippen molar-refractivity contribution >= 4 is 40.9 Å². The number of thiocarbonyl (C=S) groups is 1. The van der Waals surface area contributed by atoms with Crippen molar-refractivity contribution < 1.29 is 23.5 Å². The van der Waals surface area contributed by atoms with E-state index >= 15 is 0 Å². The van der Waals surface area contributed by atoms with Crippen LogP contribution in [-0.4, -0.2) is 30.6 Å². The van der Waals surface area contributed by atoms with E-state index in [0.29, 0.717) is 29.0 Å². The van der Waals surface area contributed by atoms with Gasteiger partial charge in [0, 0.05) is 5.56 Å². The normalized spacial score (nSPS) is 14.7. The van der Waals surface area contributed by atoms with Crippen molar-refractivity contribution in [1.82, 2.24) is 5.32 Å². The molecule has 1 aliphatic heterocycles. The van der Waals surface area contributed by atoms with Crippen molar-refractivity contribution in [2.24, 2.45) is 0 Å². The van der Waals surface area contributed by atoms with Crippen LogP contribution in [0, 0.1) is 17.1 Å². The lowest BCUT2D eigenvalue weighted by Gasteiger charge is -2.29. The Morgan fingerprint density at radius 3 is 2.72 bits per heavy atom. The molecule has 162 valence electrons. The molecule has 0 aliphatic carbocycles. The molecule has 9 heteroatoms. The van der Waals surface area contributed by atoms with Gasteiger partial charge in [0.2, 0.25) is 0 Å². The molecule has 3 rings (SSSR count). The summed E-state index contributed by atoms with van der Waals surface area (Å²) in [7, 11) is 1.43. The van der Waals surface area contributed by atoms with Gasteiger partial charge in [-0.25, -0.2) is 9.29 Å². The van der Waals surface area contributed by atoms with E-state index in [1.807, 2.05) is 6.07 Å². The number of hydrogen-bond donors (Lipinski definition) is 1. The first-order valence-corrected chi connectivity index (χ1v) is 9.79. The average molecular weight is 451 g/mol. The molecule has 0 saturated carbocycles. The van der Waals surface area contributed by atoms with E-state index in [0.717, 1.165) is 4.90 Å². The Morgan fingerprint density at radius 1 is 1.31 bits per heavy atom. The maximum atomic E-state index is 14.3. The van der Waals surface area contributed by atoms with E-state index in [9.17, 15) is 14.0 Å². The highest BCUT2D eigenvalue weighted by Crippen LogP contribution is 2.35. The van der Waals surface area contributed by atoms with Crippen molar-refractivity contribution in [1.29, 1.82) is 5.26 Å². The molecule has 1 N–H and O–H groups in total. The molecule has 7 nitrogen and oxygen atoms in total. The molecule has 0 unspecified atom stereocenters. The van der Waals surface area contributed by atoms with Gasteiger partial charge in [0.25, 0.3) is 11.8 Å². The number of nitriles is 1. The first-order chi connectivity index (χ1) is 15.4.